The molecular formula is C14H19N3O3S. The van der Waals surface area contributed by atoms with Crippen molar-refractivity contribution in [3.8, 4) is 0 Å². The number of hydrogen-bond acceptors (Lipinski definition) is 4. The van der Waals surface area contributed by atoms with Gasteiger partial charge in [0.05, 0.1) is 11.6 Å². The number of hydrogen-bond donors (Lipinski definition) is 2. The zero-order valence-electron chi connectivity index (χ0n) is 11.9. The molecule has 114 valence electrons. The molecule has 2 amide bonds. The van der Waals surface area contributed by atoms with Crippen molar-refractivity contribution in [1.82, 2.24) is 15.2 Å². The Morgan fingerprint density at radius 2 is 2.33 bits per heavy atom. The van der Waals surface area contributed by atoms with Crippen LogP contribution >= 0.6 is 11.3 Å². The highest BCUT2D eigenvalue weighted by atomic mass is 32.1. The SMILES string of the molecule is Cc1ncc(CNC(=O)N2CC3CCCC3C2C(=O)O)s1. The molecule has 3 unspecified atom stereocenters. The summed E-state index contributed by atoms with van der Waals surface area (Å²) in [6, 6.07) is -0.941. The number of amides is 2. The zero-order valence-corrected chi connectivity index (χ0v) is 12.7. The molecule has 1 saturated carbocycles. The van der Waals surface area contributed by atoms with Gasteiger partial charge >= 0.3 is 12.0 Å². The molecule has 0 aromatic carbocycles. The topological polar surface area (TPSA) is 82.5 Å². The minimum atomic E-state index is -0.881. The standard InChI is InChI=1S/C14H19N3O3S/c1-8-15-5-10(21-8)6-16-14(20)17-7-9-3-2-4-11(9)12(17)13(18)19/h5,9,11-12H,2-4,6-7H2,1H3,(H,16,20)(H,18,19). The largest absolute Gasteiger partial charge is 0.480 e. The monoisotopic (exact) mass is 309 g/mol. The van der Waals surface area contributed by atoms with Crippen molar-refractivity contribution in [1.29, 1.82) is 0 Å². The molecule has 2 fully saturated rings. The summed E-state index contributed by atoms with van der Waals surface area (Å²) < 4.78 is 0. The van der Waals surface area contributed by atoms with Gasteiger partial charge in [-0.1, -0.05) is 6.42 Å². The Hall–Kier alpha value is -1.63. The van der Waals surface area contributed by atoms with Gasteiger partial charge in [0, 0.05) is 17.6 Å². The van der Waals surface area contributed by atoms with E-state index >= 15 is 0 Å². The van der Waals surface area contributed by atoms with Gasteiger partial charge in [-0.05, 0) is 31.6 Å². The molecule has 3 atom stereocenters. The highest BCUT2D eigenvalue weighted by molar-refractivity contribution is 7.11. The minimum Gasteiger partial charge on any atom is -0.480 e. The second-order valence-corrected chi connectivity index (χ2v) is 7.11. The molecule has 1 aliphatic carbocycles. The van der Waals surface area contributed by atoms with E-state index in [0.717, 1.165) is 29.1 Å². The third-order valence-electron chi connectivity index (χ3n) is 4.49. The first-order valence-electron chi connectivity index (χ1n) is 7.25. The maximum absolute atomic E-state index is 12.3. The van der Waals surface area contributed by atoms with Crippen LogP contribution < -0.4 is 5.32 Å². The highest BCUT2D eigenvalue weighted by Crippen LogP contribution is 2.42. The fourth-order valence-corrected chi connectivity index (χ4v) is 4.32. The summed E-state index contributed by atoms with van der Waals surface area (Å²) in [5, 5.41) is 13.2. The third kappa shape index (κ3) is 2.74. The predicted octanol–water partition coefficient (Wildman–Crippen LogP) is 1.85. The van der Waals surface area contributed by atoms with E-state index in [0.29, 0.717) is 19.0 Å². The van der Waals surface area contributed by atoms with Gasteiger partial charge < -0.3 is 15.3 Å². The molecule has 6 nitrogen and oxygen atoms in total. The Morgan fingerprint density at radius 1 is 1.52 bits per heavy atom. The molecule has 21 heavy (non-hydrogen) atoms. The van der Waals surface area contributed by atoms with Crippen molar-refractivity contribution in [2.45, 2.75) is 38.8 Å². The number of carboxylic acids is 1. The number of nitrogens with zero attached hydrogens (tertiary/aromatic N) is 2. The van der Waals surface area contributed by atoms with Crippen molar-refractivity contribution < 1.29 is 14.7 Å². The number of carbonyl (C=O) groups excluding carboxylic acids is 1. The van der Waals surface area contributed by atoms with Crippen molar-refractivity contribution in [2.24, 2.45) is 11.8 Å². The lowest BCUT2D eigenvalue weighted by atomic mass is 9.94. The molecule has 0 radical (unpaired) electrons. The van der Waals surface area contributed by atoms with Crippen LogP contribution in [0.4, 0.5) is 4.79 Å². The van der Waals surface area contributed by atoms with E-state index < -0.39 is 12.0 Å². The number of carboxylic acid groups (broad SMARTS) is 1. The van der Waals surface area contributed by atoms with Crippen LogP contribution in [0.25, 0.3) is 0 Å². The van der Waals surface area contributed by atoms with E-state index in [9.17, 15) is 14.7 Å². The first kappa shape index (κ1) is 14.3. The average molecular weight is 309 g/mol. The predicted molar refractivity (Wildman–Crippen MR) is 78.0 cm³/mol. The number of carbonyl (C=O) groups is 2. The highest BCUT2D eigenvalue weighted by Gasteiger charge is 2.49. The van der Waals surface area contributed by atoms with Crippen LogP contribution in [0, 0.1) is 18.8 Å². The van der Waals surface area contributed by atoms with E-state index in [4.69, 9.17) is 0 Å². The van der Waals surface area contributed by atoms with E-state index in [1.54, 1.807) is 6.20 Å². The van der Waals surface area contributed by atoms with Crippen molar-refractivity contribution in [2.75, 3.05) is 6.54 Å². The zero-order chi connectivity index (χ0) is 15.0. The van der Waals surface area contributed by atoms with Gasteiger partial charge in [0.2, 0.25) is 0 Å². The van der Waals surface area contributed by atoms with Crippen LogP contribution in [0.5, 0.6) is 0 Å². The number of rotatable bonds is 3. The van der Waals surface area contributed by atoms with Gasteiger partial charge in [0.15, 0.2) is 0 Å². The number of thiazole rings is 1. The lowest BCUT2D eigenvalue weighted by Crippen LogP contribution is -2.47. The molecule has 1 aromatic rings. The van der Waals surface area contributed by atoms with Crippen LogP contribution in [0.3, 0.4) is 0 Å². The first-order valence-corrected chi connectivity index (χ1v) is 8.06. The quantitative estimate of drug-likeness (QED) is 0.892. The lowest BCUT2D eigenvalue weighted by Gasteiger charge is -2.24. The van der Waals surface area contributed by atoms with Crippen molar-refractivity contribution in [3.63, 3.8) is 0 Å². The Balaban J connectivity index is 1.64. The Labute approximate surface area is 127 Å². The Morgan fingerprint density at radius 3 is 3.00 bits per heavy atom. The van der Waals surface area contributed by atoms with Crippen LogP contribution in [0.15, 0.2) is 6.20 Å². The molecule has 1 aliphatic heterocycles. The second-order valence-electron chi connectivity index (χ2n) is 5.79. The summed E-state index contributed by atoms with van der Waals surface area (Å²) in [5.41, 5.74) is 0. The van der Waals surface area contributed by atoms with Crippen LogP contribution in [-0.4, -0.2) is 39.6 Å². The van der Waals surface area contributed by atoms with Gasteiger partial charge in [-0.25, -0.2) is 14.6 Å². The summed E-state index contributed by atoms with van der Waals surface area (Å²) in [6.45, 7) is 2.88. The fourth-order valence-electron chi connectivity index (χ4n) is 3.58. The molecule has 1 saturated heterocycles. The summed E-state index contributed by atoms with van der Waals surface area (Å²) in [7, 11) is 0. The molecule has 0 bridgehead atoms. The molecule has 2 N–H and O–H groups in total. The van der Waals surface area contributed by atoms with E-state index in [1.165, 1.54) is 16.2 Å². The minimum absolute atomic E-state index is 0.124. The molecule has 0 spiro atoms. The smallest absolute Gasteiger partial charge is 0.326 e. The van der Waals surface area contributed by atoms with Gasteiger partial charge in [-0.3, -0.25) is 0 Å². The second kappa shape index (κ2) is 5.63. The summed E-state index contributed by atoms with van der Waals surface area (Å²) in [5.74, 6) is -0.408. The Bertz CT molecular complexity index is 559. The number of fused-ring (bicyclic) bond motifs is 1. The van der Waals surface area contributed by atoms with E-state index in [2.05, 4.69) is 10.3 Å². The van der Waals surface area contributed by atoms with Gasteiger partial charge in [0.25, 0.3) is 0 Å². The molecular weight excluding hydrogens is 290 g/mol. The number of aliphatic carboxylic acids is 1. The molecule has 2 aliphatic rings. The van der Waals surface area contributed by atoms with Crippen LogP contribution in [0.1, 0.15) is 29.1 Å². The first-order chi connectivity index (χ1) is 10.1. The van der Waals surface area contributed by atoms with Crippen LogP contribution in [0.2, 0.25) is 0 Å². The number of nitrogens with one attached hydrogen (secondary N) is 1. The maximum atomic E-state index is 12.3. The van der Waals surface area contributed by atoms with E-state index in [-0.39, 0.29) is 11.9 Å². The summed E-state index contributed by atoms with van der Waals surface area (Å²) in [4.78, 5) is 30.4. The summed E-state index contributed by atoms with van der Waals surface area (Å²) in [6.07, 6.45) is 4.77. The molecule has 3 rings (SSSR count). The molecule has 2 heterocycles. The third-order valence-corrected chi connectivity index (χ3v) is 5.40. The number of urea groups is 1. The number of aryl methyl sites for hydroxylation is 1. The number of aromatic nitrogens is 1. The van der Waals surface area contributed by atoms with Gasteiger partial charge in [0.1, 0.15) is 6.04 Å². The Kier molecular flexibility index (Phi) is 3.84. The number of likely N-dealkylation sites (tertiary alicyclic amines) is 1. The normalized spacial score (nSPS) is 27.7. The lowest BCUT2D eigenvalue weighted by molar-refractivity contribution is -0.142. The molecule has 7 heteroatoms. The van der Waals surface area contributed by atoms with Gasteiger partial charge in [-0.15, -0.1) is 11.3 Å². The van der Waals surface area contributed by atoms with Crippen molar-refractivity contribution in [3.05, 3.63) is 16.1 Å². The molecule has 1 aromatic heterocycles. The average Bonchev–Trinajstić information content (AvgIpc) is 3.09. The fraction of sp³-hybridized carbons (Fsp3) is 0.643. The van der Waals surface area contributed by atoms with Crippen molar-refractivity contribution >= 4 is 23.3 Å². The summed E-state index contributed by atoms with van der Waals surface area (Å²) >= 11 is 1.54. The van der Waals surface area contributed by atoms with E-state index in [1.807, 2.05) is 6.92 Å². The van der Waals surface area contributed by atoms with Crippen LogP contribution in [-0.2, 0) is 11.3 Å². The maximum Gasteiger partial charge on any atom is 0.326 e. The van der Waals surface area contributed by atoms with Gasteiger partial charge in [-0.2, -0.15) is 0 Å².